The molecule has 4 unspecified atom stereocenters. The van der Waals surface area contributed by atoms with E-state index in [9.17, 15) is 34.2 Å². The van der Waals surface area contributed by atoms with Crippen LogP contribution in [0.3, 0.4) is 0 Å². The number of nitrogens with two attached hydrogens (primary N) is 1. The van der Waals surface area contributed by atoms with E-state index in [1.807, 2.05) is 0 Å². The Kier molecular flexibility index (Phi) is 11.4. The predicted octanol–water partition coefficient (Wildman–Crippen LogP) is 0.174. The van der Waals surface area contributed by atoms with Crippen molar-refractivity contribution in [3.8, 4) is 5.75 Å². The summed E-state index contributed by atoms with van der Waals surface area (Å²) in [6, 6.07) is 9.54. The average Bonchev–Trinajstić information content (AvgIpc) is 2.87. The first kappa shape index (κ1) is 30.8. The van der Waals surface area contributed by atoms with Crippen LogP contribution < -0.4 is 21.7 Å². The zero-order valence-corrected chi connectivity index (χ0v) is 21.7. The van der Waals surface area contributed by atoms with Gasteiger partial charge in [0.25, 0.3) is 0 Å². The summed E-state index contributed by atoms with van der Waals surface area (Å²) >= 11 is 0. The molecule has 0 bridgehead atoms. The van der Waals surface area contributed by atoms with Crippen molar-refractivity contribution in [3.05, 3.63) is 65.7 Å². The highest BCUT2D eigenvalue weighted by Gasteiger charge is 2.32. The molecule has 0 saturated carbocycles. The van der Waals surface area contributed by atoms with Gasteiger partial charge in [-0.3, -0.25) is 19.2 Å². The lowest BCUT2D eigenvalue weighted by Crippen LogP contribution is -2.59. The van der Waals surface area contributed by atoms with Gasteiger partial charge in [-0.15, -0.1) is 0 Å². The Morgan fingerprint density at radius 1 is 0.744 bits per heavy atom. The maximum Gasteiger partial charge on any atom is 0.326 e. The first-order valence-corrected chi connectivity index (χ1v) is 12.3. The van der Waals surface area contributed by atoms with Crippen molar-refractivity contribution in [2.45, 2.75) is 57.3 Å². The molecule has 0 aromatic heterocycles. The average molecular weight is 543 g/mol. The van der Waals surface area contributed by atoms with E-state index in [2.05, 4.69) is 16.0 Å². The SMILES string of the molecule is CC(C)C(NC(=O)C(N)CC(=O)O)C(=O)NC(Cc1ccc(O)cc1)C(=O)NC(Cc1ccccc1)C(=O)O. The molecule has 2 aromatic rings. The second-order valence-electron chi connectivity index (χ2n) is 9.46. The van der Waals surface area contributed by atoms with Crippen LogP contribution in [0.15, 0.2) is 54.6 Å². The summed E-state index contributed by atoms with van der Waals surface area (Å²) in [6.07, 6.45) is -0.678. The van der Waals surface area contributed by atoms with Gasteiger partial charge in [-0.05, 0) is 29.2 Å². The quantitative estimate of drug-likeness (QED) is 0.173. The summed E-state index contributed by atoms with van der Waals surface area (Å²) in [5.41, 5.74) is 6.86. The van der Waals surface area contributed by atoms with Gasteiger partial charge >= 0.3 is 11.9 Å². The molecule has 0 fully saturated rings. The number of benzene rings is 2. The van der Waals surface area contributed by atoms with Crippen molar-refractivity contribution in [1.29, 1.82) is 0 Å². The highest BCUT2D eigenvalue weighted by atomic mass is 16.4. The number of hydrogen-bond acceptors (Lipinski definition) is 7. The highest BCUT2D eigenvalue weighted by molar-refractivity contribution is 5.95. The normalized spacial score (nSPS) is 13.9. The Morgan fingerprint density at radius 2 is 1.28 bits per heavy atom. The number of phenols is 1. The molecule has 0 saturated heterocycles. The van der Waals surface area contributed by atoms with Crippen LogP contribution in [0.5, 0.6) is 5.75 Å². The fraction of sp³-hybridized carbons (Fsp3) is 0.370. The van der Waals surface area contributed by atoms with Gasteiger partial charge in [-0.2, -0.15) is 0 Å². The lowest BCUT2D eigenvalue weighted by molar-refractivity contribution is -0.142. The third-order valence-electron chi connectivity index (χ3n) is 5.88. The molecular weight excluding hydrogens is 508 g/mol. The summed E-state index contributed by atoms with van der Waals surface area (Å²) in [5, 5.41) is 35.7. The number of nitrogens with one attached hydrogen (secondary N) is 3. The van der Waals surface area contributed by atoms with E-state index in [4.69, 9.17) is 10.8 Å². The molecule has 4 atom stereocenters. The number of carbonyl (C=O) groups is 5. The van der Waals surface area contributed by atoms with E-state index in [0.717, 1.165) is 0 Å². The number of amides is 3. The fourth-order valence-corrected chi connectivity index (χ4v) is 3.74. The van der Waals surface area contributed by atoms with Crippen molar-refractivity contribution in [2.24, 2.45) is 11.7 Å². The molecule has 0 heterocycles. The van der Waals surface area contributed by atoms with Crippen LogP contribution in [0.1, 0.15) is 31.4 Å². The minimum atomic E-state index is -1.39. The summed E-state index contributed by atoms with van der Waals surface area (Å²) < 4.78 is 0. The molecule has 39 heavy (non-hydrogen) atoms. The lowest BCUT2D eigenvalue weighted by atomic mass is 9.99. The fourth-order valence-electron chi connectivity index (χ4n) is 3.74. The zero-order chi connectivity index (χ0) is 29.1. The van der Waals surface area contributed by atoms with Crippen LogP contribution in [0.2, 0.25) is 0 Å². The smallest absolute Gasteiger partial charge is 0.326 e. The zero-order valence-electron chi connectivity index (χ0n) is 21.7. The van der Waals surface area contributed by atoms with Gasteiger partial charge in [0.15, 0.2) is 0 Å². The van der Waals surface area contributed by atoms with E-state index < -0.39 is 66.2 Å². The number of aromatic hydroxyl groups is 1. The minimum absolute atomic E-state index is 0.00197. The Hall–Kier alpha value is -4.45. The Balaban J connectivity index is 2.25. The number of rotatable bonds is 14. The number of phenolic OH excluding ortho intramolecular Hbond substituents is 1. The molecule has 0 spiro atoms. The summed E-state index contributed by atoms with van der Waals surface area (Å²) in [6.45, 7) is 3.28. The maximum atomic E-state index is 13.3. The van der Waals surface area contributed by atoms with Gasteiger partial charge in [-0.25, -0.2) is 4.79 Å². The Morgan fingerprint density at radius 3 is 1.82 bits per heavy atom. The van der Waals surface area contributed by atoms with E-state index in [1.54, 1.807) is 56.3 Å². The van der Waals surface area contributed by atoms with Crippen LogP contribution in [0.25, 0.3) is 0 Å². The van der Waals surface area contributed by atoms with E-state index >= 15 is 0 Å². The van der Waals surface area contributed by atoms with Crippen LogP contribution in [-0.4, -0.2) is 69.1 Å². The molecule has 0 aliphatic carbocycles. The van der Waals surface area contributed by atoms with Gasteiger partial charge in [0.05, 0.1) is 12.5 Å². The van der Waals surface area contributed by atoms with Gasteiger partial charge < -0.3 is 37.0 Å². The molecule has 0 aliphatic rings. The molecule has 3 amide bonds. The van der Waals surface area contributed by atoms with Crippen LogP contribution >= 0.6 is 0 Å². The highest BCUT2D eigenvalue weighted by Crippen LogP contribution is 2.13. The van der Waals surface area contributed by atoms with Gasteiger partial charge in [0, 0.05) is 12.8 Å². The number of hydrogen-bond donors (Lipinski definition) is 7. The largest absolute Gasteiger partial charge is 0.508 e. The standard InChI is InChI=1S/C27H34N4O8/c1-15(2)23(31-24(35)19(28)14-22(33)34)26(37)29-20(12-17-8-10-18(32)11-9-17)25(36)30-21(27(38)39)13-16-6-4-3-5-7-16/h3-11,15,19-21,23,32H,12-14,28H2,1-2H3,(H,29,37)(H,30,36)(H,31,35)(H,33,34)(H,38,39). The van der Waals surface area contributed by atoms with Crippen molar-refractivity contribution in [3.63, 3.8) is 0 Å². The number of carboxylic acids is 2. The van der Waals surface area contributed by atoms with Gasteiger partial charge in [-0.1, -0.05) is 56.3 Å². The van der Waals surface area contributed by atoms with Crippen molar-refractivity contribution in [1.82, 2.24) is 16.0 Å². The van der Waals surface area contributed by atoms with Crippen LogP contribution in [0.4, 0.5) is 0 Å². The molecular formula is C27H34N4O8. The third kappa shape index (κ3) is 10.1. The Bertz CT molecular complexity index is 1150. The molecule has 210 valence electrons. The second kappa shape index (κ2) is 14.5. The van der Waals surface area contributed by atoms with Crippen molar-refractivity contribution < 1.29 is 39.3 Å². The summed E-state index contributed by atoms with van der Waals surface area (Å²) in [7, 11) is 0. The second-order valence-corrected chi connectivity index (χ2v) is 9.46. The van der Waals surface area contributed by atoms with E-state index in [-0.39, 0.29) is 18.6 Å². The number of carbonyl (C=O) groups excluding carboxylic acids is 3. The lowest BCUT2D eigenvalue weighted by Gasteiger charge is -2.27. The molecule has 8 N–H and O–H groups in total. The maximum absolute atomic E-state index is 13.3. The third-order valence-corrected chi connectivity index (χ3v) is 5.88. The molecule has 0 aliphatic heterocycles. The van der Waals surface area contributed by atoms with Gasteiger partial charge in [0.2, 0.25) is 17.7 Å². The van der Waals surface area contributed by atoms with E-state index in [0.29, 0.717) is 11.1 Å². The monoisotopic (exact) mass is 542 g/mol. The Labute approximate surface area is 225 Å². The predicted molar refractivity (Wildman–Crippen MR) is 140 cm³/mol. The van der Waals surface area contributed by atoms with E-state index in [1.165, 1.54) is 12.1 Å². The topological polar surface area (TPSA) is 208 Å². The van der Waals surface area contributed by atoms with Crippen LogP contribution in [-0.2, 0) is 36.8 Å². The van der Waals surface area contributed by atoms with Gasteiger partial charge in [0.1, 0.15) is 23.9 Å². The first-order valence-electron chi connectivity index (χ1n) is 12.3. The minimum Gasteiger partial charge on any atom is -0.508 e. The van der Waals surface area contributed by atoms with Crippen molar-refractivity contribution in [2.75, 3.05) is 0 Å². The molecule has 12 nitrogen and oxygen atoms in total. The number of aliphatic carboxylic acids is 2. The molecule has 12 heteroatoms. The first-order chi connectivity index (χ1) is 18.4. The molecule has 0 radical (unpaired) electrons. The summed E-state index contributed by atoms with van der Waals surface area (Å²) in [5.74, 6) is -5.37. The van der Waals surface area contributed by atoms with Crippen LogP contribution in [0, 0.1) is 5.92 Å². The summed E-state index contributed by atoms with van der Waals surface area (Å²) in [4.78, 5) is 61.7. The van der Waals surface area contributed by atoms with Crippen molar-refractivity contribution >= 4 is 29.7 Å². The molecule has 2 aromatic carbocycles. The molecule has 2 rings (SSSR count). The number of carboxylic acid groups (broad SMARTS) is 2.